The van der Waals surface area contributed by atoms with E-state index >= 15 is 0 Å². The van der Waals surface area contributed by atoms with Crippen LogP contribution in [0.4, 0.5) is 9.59 Å². The number of urea groups is 1. The first-order valence-corrected chi connectivity index (χ1v) is 5.91. The fraction of sp³-hybridized carbons (Fsp3) is 0.727. The molecule has 0 aromatic heterocycles. The van der Waals surface area contributed by atoms with Crippen molar-refractivity contribution < 1.29 is 23.9 Å². The fourth-order valence-corrected chi connectivity index (χ4v) is 1.57. The van der Waals surface area contributed by atoms with E-state index in [1.165, 1.54) is 14.2 Å². The van der Waals surface area contributed by atoms with E-state index < -0.39 is 18.1 Å². The molecule has 1 aliphatic heterocycles. The predicted octanol–water partition coefficient (Wildman–Crippen LogP) is 0.193. The average Bonchev–Trinajstić information content (AvgIpc) is 2.70. The van der Waals surface area contributed by atoms with Crippen LogP contribution in [0.2, 0.25) is 0 Å². The highest BCUT2D eigenvalue weighted by atomic mass is 16.6. The summed E-state index contributed by atoms with van der Waals surface area (Å²) in [5, 5.41) is 1.15. The van der Waals surface area contributed by atoms with Crippen LogP contribution in [0, 0.1) is 5.92 Å². The molecule has 1 fully saturated rings. The summed E-state index contributed by atoms with van der Waals surface area (Å²) in [6.45, 7) is 3.88. The summed E-state index contributed by atoms with van der Waals surface area (Å²) in [6.07, 6.45) is -0.599. The third kappa shape index (κ3) is 3.73. The van der Waals surface area contributed by atoms with E-state index in [1.54, 1.807) is 0 Å². The predicted molar refractivity (Wildman–Crippen MR) is 65.0 cm³/mol. The normalized spacial score (nSPS) is 18.3. The zero-order valence-corrected chi connectivity index (χ0v) is 11.5. The minimum Gasteiger partial charge on any atom is -0.468 e. The highest BCUT2D eigenvalue weighted by Crippen LogP contribution is 2.17. The van der Waals surface area contributed by atoms with Crippen molar-refractivity contribution in [2.45, 2.75) is 19.9 Å². The van der Waals surface area contributed by atoms with Gasteiger partial charge in [0.15, 0.2) is 0 Å². The molecular weight excluding hydrogens is 254 g/mol. The lowest BCUT2D eigenvalue weighted by Gasteiger charge is -2.26. The van der Waals surface area contributed by atoms with Crippen LogP contribution in [0.3, 0.4) is 0 Å². The van der Waals surface area contributed by atoms with Crippen LogP contribution in [0.5, 0.6) is 0 Å². The van der Waals surface area contributed by atoms with Gasteiger partial charge in [0.1, 0.15) is 13.2 Å². The largest absolute Gasteiger partial charge is 0.468 e. The van der Waals surface area contributed by atoms with Gasteiger partial charge in [-0.15, -0.1) is 0 Å². The first-order chi connectivity index (χ1) is 8.86. The Morgan fingerprint density at radius 2 is 2.21 bits per heavy atom. The topological polar surface area (TPSA) is 88.2 Å². The van der Waals surface area contributed by atoms with Gasteiger partial charge in [-0.1, -0.05) is 13.8 Å². The van der Waals surface area contributed by atoms with Crippen molar-refractivity contribution in [2.24, 2.45) is 5.92 Å². The molecule has 0 radical (unpaired) electrons. The van der Waals surface area contributed by atoms with Crippen molar-refractivity contribution in [2.75, 3.05) is 27.3 Å². The summed E-state index contributed by atoms with van der Waals surface area (Å²) in [5.74, 6) is -0.403. The van der Waals surface area contributed by atoms with E-state index in [1.807, 2.05) is 13.8 Å². The van der Waals surface area contributed by atoms with Crippen molar-refractivity contribution in [1.29, 1.82) is 0 Å². The van der Waals surface area contributed by atoms with Crippen LogP contribution in [-0.4, -0.2) is 61.4 Å². The number of esters is 1. The molecular formula is C11H19N3O5. The van der Waals surface area contributed by atoms with Crippen LogP contribution < -0.4 is 5.43 Å². The highest BCUT2D eigenvalue weighted by Gasteiger charge is 2.36. The van der Waals surface area contributed by atoms with Gasteiger partial charge in [-0.2, -0.15) is 0 Å². The minimum atomic E-state index is -0.599. The second-order valence-electron chi connectivity index (χ2n) is 4.61. The van der Waals surface area contributed by atoms with E-state index in [4.69, 9.17) is 4.74 Å². The van der Waals surface area contributed by atoms with Gasteiger partial charge in [0, 0.05) is 7.05 Å². The minimum absolute atomic E-state index is 0.137. The molecule has 1 rings (SSSR count). The van der Waals surface area contributed by atoms with E-state index in [0.29, 0.717) is 0 Å². The highest BCUT2D eigenvalue weighted by molar-refractivity contribution is 5.82. The van der Waals surface area contributed by atoms with Crippen LogP contribution in [0.25, 0.3) is 0 Å². The summed E-state index contributed by atoms with van der Waals surface area (Å²) in [5.41, 5.74) is 2.43. The van der Waals surface area contributed by atoms with Gasteiger partial charge >= 0.3 is 18.1 Å². The molecule has 0 bridgehead atoms. The number of methoxy groups -OCH3 is 1. The second kappa shape index (κ2) is 6.26. The van der Waals surface area contributed by atoms with E-state index in [2.05, 4.69) is 10.2 Å². The zero-order chi connectivity index (χ0) is 14.6. The van der Waals surface area contributed by atoms with E-state index in [-0.39, 0.29) is 25.1 Å². The molecule has 8 heteroatoms. The molecule has 108 valence electrons. The first kappa shape index (κ1) is 15.1. The van der Waals surface area contributed by atoms with E-state index in [9.17, 15) is 14.4 Å². The molecule has 1 N–H and O–H groups in total. The Kier molecular flexibility index (Phi) is 4.96. The average molecular weight is 273 g/mol. The number of nitrogens with one attached hydrogen (secondary N) is 1. The number of carbonyl (C=O) groups excluding carboxylic acids is 3. The molecule has 0 saturated carbocycles. The third-order valence-electron chi connectivity index (χ3n) is 2.83. The number of nitrogens with zero attached hydrogens (tertiary/aromatic N) is 2. The lowest BCUT2D eigenvalue weighted by molar-refractivity contribution is -0.141. The monoisotopic (exact) mass is 273 g/mol. The summed E-state index contributed by atoms with van der Waals surface area (Å²) in [4.78, 5) is 35.5. The molecule has 0 unspecified atom stereocenters. The number of amides is 3. The number of cyclic esters (lactones) is 1. The molecule has 1 aliphatic rings. The number of hydrogen-bond donors (Lipinski definition) is 1. The van der Waals surface area contributed by atoms with Crippen LogP contribution in [-0.2, 0) is 14.3 Å². The molecule has 3 amide bonds. The summed E-state index contributed by atoms with van der Waals surface area (Å²) >= 11 is 0. The second-order valence-corrected chi connectivity index (χ2v) is 4.61. The van der Waals surface area contributed by atoms with Gasteiger partial charge < -0.3 is 14.4 Å². The fourth-order valence-electron chi connectivity index (χ4n) is 1.57. The quantitative estimate of drug-likeness (QED) is 0.739. The van der Waals surface area contributed by atoms with E-state index in [0.717, 1.165) is 9.91 Å². The Morgan fingerprint density at radius 1 is 1.58 bits per heavy atom. The molecule has 19 heavy (non-hydrogen) atoms. The van der Waals surface area contributed by atoms with Crippen LogP contribution in [0.15, 0.2) is 0 Å². The van der Waals surface area contributed by atoms with Gasteiger partial charge in [0.25, 0.3) is 0 Å². The van der Waals surface area contributed by atoms with Crippen molar-refractivity contribution in [3.8, 4) is 0 Å². The third-order valence-corrected chi connectivity index (χ3v) is 2.83. The van der Waals surface area contributed by atoms with Crippen molar-refractivity contribution >= 4 is 18.1 Å². The van der Waals surface area contributed by atoms with Gasteiger partial charge in [-0.05, 0) is 5.92 Å². The maximum atomic E-state index is 11.8. The summed E-state index contributed by atoms with van der Waals surface area (Å²) < 4.78 is 9.34. The molecule has 1 heterocycles. The van der Waals surface area contributed by atoms with Crippen molar-refractivity contribution in [3.05, 3.63) is 0 Å². The molecule has 0 aromatic carbocycles. The van der Waals surface area contributed by atoms with Crippen LogP contribution >= 0.6 is 0 Å². The molecule has 0 spiro atoms. The maximum Gasteiger partial charge on any atom is 0.429 e. The first-order valence-electron chi connectivity index (χ1n) is 5.91. The van der Waals surface area contributed by atoms with Gasteiger partial charge in [-0.25, -0.2) is 20.0 Å². The molecule has 0 aromatic rings. The number of hydrogen-bond acceptors (Lipinski definition) is 5. The van der Waals surface area contributed by atoms with Gasteiger partial charge in [-0.3, -0.25) is 4.79 Å². The molecule has 1 atom stereocenters. The lowest BCUT2D eigenvalue weighted by atomic mass is 10.1. The molecule has 1 saturated heterocycles. The van der Waals surface area contributed by atoms with Crippen molar-refractivity contribution in [3.63, 3.8) is 0 Å². The SMILES string of the molecule is COC(=O)CN(C)C(=O)NN1C(=O)OC[C@@H]1C(C)C. The Hall–Kier alpha value is -1.99. The number of rotatable bonds is 4. The van der Waals surface area contributed by atoms with Crippen LogP contribution in [0.1, 0.15) is 13.8 Å². The Labute approximate surface area is 111 Å². The lowest BCUT2D eigenvalue weighted by Crippen LogP contribution is -2.53. The molecule has 0 aliphatic carbocycles. The standard InChI is InChI=1S/C11H19N3O5/c1-7(2)8-6-19-11(17)14(8)12-10(16)13(3)5-9(15)18-4/h7-8H,5-6H2,1-4H3,(H,12,16)/t8-/m1/s1. The Morgan fingerprint density at radius 3 is 2.74 bits per heavy atom. The number of likely N-dealkylation sites (N-methyl/N-ethyl adjacent to an activating group) is 1. The maximum absolute atomic E-state index is 11.8. The number of hydrazine groups is 1. The Bertz CT molecular complexity index is 371. The molecule has 8 nitrogen and oxygen atoms in total. The zero-order valence-electron chi connectivity index (χ0n) is 11.5. The summed E-state index contributed by atoms with van der Waals surface area (Å²) in [6, 6.07) is -0.794. The smallest absolute Gasteiger partial charge is 0.429 e. The number of ether oxygens (including phenoxy) is 2. The Balaban J connectivity index is 2.59. The van der Waals surface area contributed by atoms with Gasteiger partial charge in [0.05, 0.1) is 13.2 Å². The van der Waals surface area contributed by atoms with Gasteiger partial charge in [0.2, 0.25) is 0 Å². The number of carbonyl (C=O) groups is 3. The van der Waals surface area contributed by atoms with Crippen molar-refractivity contribution in [1.82, 2.24) is 15.3 Å². The summed E-state index contributed by atoms with van der Waals surface area (Å²) in [7, 11) is 2.67.